The summed E-state index contributed by atoms with van der Waals surface area (Å²) in [7, 11) is 4.31. The maximum absolute atomic E-state index is 13.2. The maximum atomic E-state index is 13.2. The molecule has 2 aliphatic heterocycles. The van der Waals surface area contributed by atoms with Crippen molar-refractivity contribution in [3.63, 3.8) is 0 Å². The summed E-state index contributed by atoms with van der Waals surface area (Å²) in [5, 5.41) is 24.2. The van der Waals surface area contributed by atoms with Crippen LogP contribution in [-0.2, 0) is 28.2 Å². The molecule has 3 amide bonds. The van der Waals surface area contributed by atoms with Crippen LogP contribution in [-0.4, -0.2) is 74.0 Å². The summed E-state index contributed by atoms with van der Waals surface area (Å²) in [6, 6.07) is 5.43. The first kappa shape index (κ1) is 25.3. The zero-order chi connectivity index (χ0) is 26.4. The molecular formula is C24H28FN5O6. The minimum absolute atomic E-state index is 0.0146. The molecule has 3 heterocycles. The summed E-state index contributed by atoms with van der Waals surface area (Å²) in [6.07, 6.45) is 0.827. The Morgan fingerprint density at radius 3 is 2.28 bits per heavy atom. The molecule has 1 aromatic carbocycles. The smallest absolute Gasteiger partial charge is 0.312 e. The van der Waals surface area contributed by atoms with Crippen LogP contribution in [0, 0.1) is 5.82 Å². The fourth-order valence-electron chi connectivity index (χ4n) is 4.89. The van der Waals surface area contributed by atoms with E-state index in [1.165, 1.54) is 50.3 Å². The number of halogens is 1. The van der Waals surface area contributed by atoms with E-state index in [0.717, 1.165) is 9.47 Å². The molecule has 2 bridgehead atoms. The number of hydrogen-bond donors (Lipinski definition) is 3. The third-order valence-electron chi connectivity index (χ3n) is 7.14. The van der Waals surface area contributed by atoms with Gasteiger partial charge in [-0.1, -0.05) is 12.1 Å². The number of fused-ring (bicyclic) bond motifs is 2. The molecule has 0 unspecified atom stereocenters. The molecule has 11 nitrogen and oxygen atoms in total. The lowest BCUT2D eigenvalue weighted by molar-refractivity contribution is -0.155. The van der Waals surface area contributed by atoms with E-state index in [9.17, 15) is 33.8 Å². The van der Waals surface area contributed by atoms with Crippen molar-refractivity contribution >= 4 is 17.7 Å². The van der Waals surface area contributed by atoms with Gasteiger partial charge in [-0.15, -0.1) is 0 Å². The Balaban J connectivity index is 1.77. The number of aliphatic hydroxyl groups is 1. The number of hydrogen-bond acceptors (Lipinski definition) is 7. The lowest BCUT2D eigenvalue weighted by atomic mass is 9.74. The number of aromatic nitrogens is 2. The van der Waals surface area contributed by atoms with Gasteiger partial charge in [0.05, 0.1) is 12.1 Å². The Hall–Kier alpha value is -3.80. The Bertz CT molecular complexity index is 1280. The van der Waals surface area contributed by atoms with E-state index < -0.39 is 51.7 Å². The second-order valence-corrected chi connectivity index (χ2v) is 9.65. The number of likely N-dealkylation sites (N-methyl/N-ethyl adjacent to an activating group) is 2. The molecule has 12 heteroatoms. The van der Waals surface area contributed by atoms with E-state index in [1.54, 1.807) is 0 Å². The van der Waals surface area contributed by atoms with Crippen LogP contribution in [0.4, 0.5) is 4.39 Å². The van der Waals surface area contributed by atoms with Gasteiger partial charge in [0.1, 0.15) is 17.2 Å². The van der Waals surface area contributed by atoms with E-state index >= 15 is 0 Å². The van der Waals surface area contributed by atoms with Crippen LogP contribution in [0.5, 0.6) is 5.75 Å². The minimum Gasteiger partial charge on any atom is -0.501 e. The van der Waals surface area contributed by atoms with Crippen LogP contribution in [0.25, 0.3) is 0 Å². The number of aromatic hydroxyl groups is 1. The molecule has 0 atom stereocenters. The van der Waals surface area contributed by atoms with Crippen molar-refractivity contribution in [2.75, 3.05) is 21.1 Å². The van der Waals surface area contributed by atoms with Crippen molar-refractivity contribution in [2.24, 2.45) is 0 Å². The van der Waals surface area contributed by atoms with Gasteiger partial charge >= 0.3 is 11.8 Å². The van der Waals surface area contributed by atoms with Crippen LogP contribution in [0.15, 0.2) is 29.1 Å². The zero-order valence-corrected chi connectivity index (χ0v) is 20.2. The van der Waals surface area contributed by atoms with Crippen molar-refractivity contribution in [1.82, 2.24) is 24.7 Å². The highest BCUT2D eigenvalue weighted by atomic mass is 19.1. The topological polar surface area (TPSA) is 145 Å². The number of carbonyl (C=O) groups is 3. The van der Waals surface area contributed by atoms with Crippen molar-refractivity contribution in [3.8, 4) is 5.75 Å². The molecule has 0 spiro atoms. The maximum Gasteiger partial charge on any atom is 0.312 e. The molecule has 0 saturated heterocycles. The van der Waals surface area contributed by atoms with Gasteiger partial charge in [0.2, 0.25) is 5.75 Å². The van der Waals surface area contributed by atoms with Gasteiger partial charge in [-0.3, -0.25) is 23.7 Å². The van der Waals surface area contributed by atoms with E-state index in [4.69, 9.17) is 0 Å². The fourth-order valence-corrected chi connectivity index (χ4v) is 4.89. The molecule has 3 N–H and O–H groups in total. The average Bonchev–Trinajstić information content (AvgIpc) is 3.06. The summed E-state index contributed by atoms with van der Waals surface area (Å²) >= 11 is 0. The van der Waals surface area contributed by atoms with Crippen molar-refractivity contribution in [1.29, 1.82) is 0 Å². The number of nitrogens with one attached hydrogen (secondary N) is 1. The van der Waals surface area contributed by atoms with E-state index in [2.05, 4.69) is 10.3 Å². The highest BCUT2D eigenvalue weighted by Gasteiger charge is 2.54. The first-order valence-electron chi connectivity index (χ1n) is 11.5. The standard InChI is InChI=1S/C24H28FN5O6/c1-28(2)20(34)21(35)29(3)24-10-8-23(36,9-11-24)13-30-19(33)17(31)16(27-22(24)30)18(32)26-12-14-4-6-15(25)7-5-14/h4-7,31,36H,8-13H2,1-3H3,(H,26,32). The lowest BCUT2D eigenvalue weighted by Crippen LogP contribution is -2.55. The quantitative estimate of drug-likeness (QED) is 0.503. The summed E-state index contributed by atoms with van der Waals surface area (Å²) in [5.41, 5.74) is -3.41. The Labute approximate surface area is 206 Å². The molecule has 2 aromatic rings. The van der Waals surface area contributed by atoms with Crippen LogP contribution in [0.1, 0.15) is 47.6 Å². The van der Waals surface area contributed by atoms with E-state index in [-0.39, 0.29) is 44.6 Å². The van der Waals surface area contributed by atoms with Crippen molar-refractivity contribution in [3.05, 3.63) is 57.5 Å². The Morgan fingerprint density at radius 1 is 1.08 bits per heavy atom. The third-order valence-corrected chi connectivity index (χ3v) is 7.14. The first-order valence-corrected chi connectivity index (χ1v) is 11.5. The van der Waals surface area contributed by atoms with Gasteiger partial charge < -0.3 is 25.3 Å². The summed E-state index contributed by atoms with van der Waals surface area (Å²) in [6.45, 7) is -0.191. The largest absolute Gasteiger partial charge is 0.501 e. The normalized spacial score (nSPS) is 22.4. The Kier molecular flexibility index (Phi) is 6.33. The number of benzene rings is 1. The highest BCUT2D eigenvalue weighted by Crippen LogP contribution is 2.48. The average molecular weight is 502 g/mol. The Morgan fingerprint density at radius 2 is 1.69 bits per heavy atom. The fraction of sp³-hybridized carbons (Fsp3) is 0.458. The van der Waals surface area contributed by atoms with Crippen molar-refractivity contribution < 1.29 is 29.0 Å². The number of carbonyl (C=O) groups excluding carboxylic acids is 3. The zero-order valence-electron chi connectivity index (χ0n) is 20.2. The molecule has 1 aliphatic carbocycles. The van der Waals surface area contributed by atoms with Crippen LogP contribution in [0.2, 0.25) is 0 Å². The molecule has 1 fully saturated rings. The van der Waals surface area contributed by atoms with Crippen LogP contribution >= 0.6 is 0 Å². The molecule has 1 saturated carbocycles. The van der Waals surface area contributed by atoms with Gasteiger partial charge in [0.25, 0.3) is 11.5 Å². The molecule has 3 aliphatic rings. The first-order chi connectivity index (χ1) is 16.9. The summed E-state index contributed by atoms with van der Waals surface area (Å²) in [5.74, 6) is -3.76. The predicted octanol–water partition coefficient (Wildman–Crippen LogP) is 0.0786. The molecule has 36 heavy (non-hydrogen) atoms. The monoisotopic (exact) mass is 501 g/mol. The second kappa shape index (κ2) is 9.01. The highest BCUT2D eigenvalue weighted by molar-refractivity contribution is 6.34. The van der Waals surface area contributed by atoms with Gasteiger partial charge in [-0.05, 0) is 43.4 Å². The van der Waals surface area contributed by atoms with Crippen LogP contribution in [0.3, 0.4) is 0 Å². The molecule has 192 valence electrons. The van der Waals surface area contributed by atoms with E-state index in [0.29, 0.717) is 5.56 Å². The number of rotatable bonds is 4. The molecule has 1 aromatic heterocycles. The number of amides is 3. The van der Waals surface area contributed by atoms with Crippen LogP contribution < -0.4 is 10.9 Å². The summed E-state index contributed by atoms with van der Waals surface area (Å²) < 4.78 is 14.3. The molecule has 5 rings (SSSR count). The summed E-state index contributed by atoms with van der Waals surface area (Å²) in [4.78, 5) is 58.4. The van der Waals surface area contributed by atoms with E-state index in [1.807, 2.05) is 0 Å². The SMILES string of the molecule is CN(C)C(=O)C(=O)N(C)C12CCC(O)(CC1)Cn1c2nc(C(=O)NCc2ccc(F)cc2)c(O)c1=O. The van der Waals surface area contributed by atoms with Gasteiger partial charge in [-0.25, -0.2) is 9.37 Å². The molecular weight excluding hydrogens is 473 g/mol. The second-order valence-electron chi connectivity index (χ2n) is 9.65. The lowest BCUT2D eigenvalue weighted by Gasteiger charge is -2.45. The molecule has 0 radical (unpaired) electrons. The number of nitrogens with zero attached hydrogens (tertiary/aromatic N) is 4. The third kappa shape index (κ3) is 4.21. The van der Waals surface area contributed by atoms with Gasteiger partial charge in [-0.2, -0.15) is 0 Å². The minimum atomic E-state index is -1.27. The van der Waals surface area contributed by atoms with Crippen molar-refractivity contribution in [2.45, 2.75) is 49.9 Å². The van der Waals surface area contributed by atoms with Gasteiger partial charge in [0.15, 0.2) is 5.69 Å². The predicted molar refractivity (Wildman–Crippen MR) is 124 cm³/mol. The van der Waals surface area contributed by atoms with Gasteiger partial charge in [0, 0.05) is 27.7 Å².